The third kappa shape index (κ3) is 1.40. The average Bonchev–Trinajstić information content (AvgIpc) is 2.58. The van der Waals surface area contributed by atoms with Crippen LogP contribution in [0.5, 0.6) is 0 Å². The molecule has 1 aliphatic heterocycles. The molecule has 1 atom stereocenters. The number of hydrogen-bond acceptors (Lipinski definition) is 4. The standard InChI is InChI=1S/C7H11N3O/c1-2-4-8-6(3-1)7-10-9-5-11-7/h5-6,8H,1-4H2/t6-/m0/s1. The van der Waals surface area contributed by atoms with Gasteiger partial charge in [0.2, 0.25) is 12.3 Å². The Morgan fingerprint density at radius 2 is 2.55 bits per heavy atom. The fourth-order valence-electron chi connectivity index (χ4n) is 1.40. The number of rotatable bonds is 1. The summed E-state index contributed by atoms with van der Waals surface area (Å²) in [6.07, 6.45) is 5.00. The van der Waals surface area contributed by atoms with E-state index in [4.69, 9.17) is 4.42 Å². The van der Waals surface area contributed by atoms with Crippen LogP contribution in [0, 0.1) is 0 Å². The molecule has 0 radical (unpaired) electrons. The van der Waals surface area contributed by atoms with Gasteiger partial charge in [-0.05, 0) is 19.4 Å². The van der Waals surface area contributed by atoms with Gasteiger partial charge in [0.05, 0.1) is 6.04 Å². The van der Waals surface area contributed by atoms with Crippen LogP contribution in [0.2, 0.25) is 0 Å². The minimum atomic E-state index is 0.297. The van der Waals surface area contributed by atoms with E-state index in [0.717, 1.165) is 18.9 Å². The fourth-order valence-corrected chi connectivity index (χ4v) is 1.40. The summed E-state index contributed by atoms with van der Waals surface area (Å²) in [5, 5.41) is 10.8. The van der Waals surface area contributed by atoms with E-state index in [2.05, 4.69) is 15.5 Å². The third-order valence-corrected chi connectivity index (χ3v) is 1.99. The van der Waals surface area contributed by atoms with Gasteiger partial charge in [-0.25, -0.2) is 0 Å². The molecule has 1 N–H and O–H groups in total. The zero-order chi connectivity index (χ0) is 7.52. The molecular formula is C7H11N3O. The van der Waals surface area contributed by atoms with Crippen molar-refractivity contribution in [3.05, 3.63) is 12.3 Å². The van der Waals surface area contributed by atoms with Gasteiger partial charge in [0.15, 0.2) is 0 Å². The number of hydrogen-bond donors (Lipinski definition) is 1. The molecule has 2 rings (SSSR count). The Bertz CT molecular complexity index is 203. The minimum absolute atomic E-state index is 0.297. The quantitative estimate of drug-likeness (QED) is 0.650. The van der Waals surface area contributed by atoms with E-state index in [9.17, 15) is 0 Å². The minimum Gasteiger partial charge on any atom is -0.426 e. The van der Waals surface area contributed by atoms with Crippen LogP contribution >= 0.6 is 0 Å². The molecule has 60 valence electrons. The van der Waals surface area contributed by atoms with Gasteiger partial charge in [-0.1, -0.05) is 6.42 Å². The van der Waals surface area contributed by atoms with E-state index in [-0.39, 0.29) is 0 Å². The van der Waals surface area contributed by atoms with Gasteiger partial charge in [-0.3, -0.25) is 0 Å². The molecule has 4 nitrogen and oxygen atoms in total. The number of piperidine rings is 1. The fraction of sp³-hybridized carbons (Fsp3) is 0.714. The summed E-state index contributed by atoms with van der Waals surface area (Å²) in [5.74, 6) is 0.727. The number of nitrogens with one attached hydrogen (secondary N) is 1. The van der Waals surface area contributed by atoms with Crippen LogP contribution in [0.15, 0.2) is 10.8 Å². The lowest BCUT2D eigenvalue weighted by atomic mass is 10.1. The first-order valence-corrected chi connectivity index (χ1v) is 3.96. The van der Waals surface area contributed by atoms with Crippen LogP contribution in [0.4, 0.5) is 0 Å². The normalized spacial score (nSPS) is 25.3. The van der Waals surface area contributed by atoms with Crippen molar-refractivity contribution in [2.24, 2.45) is 0 Å². The molecule has 0 spiro atoms. The van der Waals surface area contributed by atoms with E-state index >= 15 is 0 Å². The topological polar surface area (TPSA) is 51.0 Å². The largest absolute Gasteiger partial charge is 0.426 e. The maximum absolute atomic E-state index is 5.09. The van der Waals surface area contributed by atoms with Crippen molar-refractivity contribution in [3.63, 3.8) is 0 Å². The lowest BCUT2D eigenvalue weighted by Crippen LogP contribution is -2.26. The maximum atomic E-state index is 5.09. The van der Waals surface area contributed by atoms with Crippen molar-refractivity contribution >= 4 is 0 Å². The highest BCUT2D eigenvalue weighted by molar-refractivity contribution is 4.88. The van der Waals surface area contributed by atoms with Crippen molar-refractivity contribution < 1.29 is 4.42 Å². The Labute approximate surface area is 65.0 Å². The van der Waals surface area contributed by atoms with E-state index in [1.54, 1.807) is 0 Å². The molecule has 11 heavy (non-hydrogen) atoms. The second-order valence-corrected chi connectivity index (χ2v) is 2.78. The smallest absolute Gasteiger partial charge is 0.233 e. The second kappa shape index (κ2) is 3.00. The van der Waals surface area contributed by atoms with Crippen LogP contribution in [-0.4, -0.2) is 16.7 Å². The Morgan fingerprint density at radius 1 is 1.55 bits per heavy atom. The predicted molar refractivity (Wildman–Crippen MR) is 38.9 cm³/mol. The van der Waals surface area contributed by atoms with Crippen LogP contribution in [0.3, 0.4) is 0 Å². The average molecular weight is 153 g/mol. The van der Waals surface area contributed by atoms with Crippen molar-refractivity contribution in [2.45, 2.75) is 25.3 Å². The maximum Gasteiger partial charge on any atom is 0.233 e. The van der Waals surface area contributed by atoms with E-state index in [1.165, 1.54) is 19.2 Å². The van der Waals surface area contributed by atoms with Gasteiger partial charge in [0, 0.05) is 0 Å². The van der Waals surface area contributed by atoms with E-state index < -0.39 is 0 Å². The van der Waals surface area contributed by atoms with Gasteiger partial charge < -0.3 is 9.73 Å². The summed E-state index contributed by atoms with van der Waals surface area (Å²) in [4.78, 5) is 0. The molecule has 1 aliphatic rings. The van der Waals surface area contributed by atoms with E-state index in [1.807, 2.05) is 0 Å². The Morgan fingerprint density at radius 3 is 3.18 bits per heavy atom. The molecule has 2 heterocycles. The predicted octanol–water partition coefficient (Wildman–Crippen LogP) is 0.884. The summed E-state index contributed by atoms with van der Waals surface area (Å²) in [7, 11) is 0. The second-order valence-electron chi connectivity index (χ2n) is 2.78. The molecule has 0 amide bonds. The molecule has 0 bridgehead atoms. The Balaban J connectivity index is 2.04. The molecule has 0 unspecified atom stereocenters. The first-order valence-electron chi connectivity index (χ1n) is 3.96. The van der Waals surface area contributed by atoms with Crippen molar-refractivity contribution in [2.75, 3.05) is 6.54 Å². The van der Waals surface area contributed by atoms with Gasteiger partial charge in [-0.15, -0.1) is 10.2 Å². The highest BCUT2D eigenvalue weighted by atomic mass is 16.4. The number of nitrogens with zero attached hydrogens (tertiary/aromatic N) is 2. The first-order chi connectivity index (χ1) is 5.47. The highest BCUT2D eigenvalue weighted by Crippen LogP contribution is 2.19. The van der Waals surface area contributed by atoms with Crippen LogP contribution in [-0.2, 0) is 0 Å². The summed E-state index contributed by atoms with van der Waals surface area (Å²) in [6.45, 7) is 1.06. The molecule has 1 aromatic rings. The molecule has 0 saturated carbocycles. The lowest BCUT2D eigenvalue weighted by Gasteiger charge is -2.19. The van der Waals surface area contributed by atoms with Crippen LogP contribution < -0.4 is 5.32 Å². The zero-order valence-corrected chi connectivity index (χ0v) is 6.29. The summed E-state index contributed by atoms with van der Waals surface area (Å²) in [5.41, 5.74) is 0. The Hall–Kier alpha value is -0.900. The van der Waals surface area contributed by atoms with Gasteiger partial charge in [-0.2, -0.15) is 0 Å². The monoisotopic (exact) mass is 153 g/mol. The van der Waals surface area contributed by atoms with Gasteiger partial charge in [0.25, 0.3) is 0 Å². The Kier molecular flexibility index (Phi) is 1.85. The number of aromatic nitrogens is 2. The van der Waals surface area contributed by atoms with Crippen LogP contribution in [0.25, 0.3) is 0 Å². The molecule has 0 aromatic carbocycles. The van der Waals surface area contributed by atoms with Gasteiger partial charge in [0.1, 0.15) is 0 Å². The molecule has 4 heteroatoms. The summed E-state index contributed by atoms with van der Waals surface area (Å²) >= 11 is 0. The lowest BCUT2D eigenvalue weighted by molar-refractivity contribution is 0.338. The van der Waals surface area contributed by atoms with Crippen LogP contribution in [0.1, 0.15) is 31.2 Å². The highest BCUT2D eigenvalue weighted by Gasteiger charge is 2.18. The molecule has 1 saturated heterocycles. The molecular weight excluding hydrogens is 142 g/mol. The summed E-state index contributed by atoms with van der Waals surface area (Å²) < 4.78 is 5.09. The molecule has 1 aromatic heterocycles. The van der Waals surface area contributed by atoms with Crippen molar-refractivity contribution in [1.82, 2.24) is 15.5 Å². The molecule has 1 fully saturated rings. The van der Waals surface area contributed by atoms with Gasteiger partial charge >= 0.3 is 0 Å². The third-order valence-electron chi connectivity index (χ3n) is 1.99. The van der Waals surface area contributed by atoms with Crippen molar-refractivity contribution in [3.8, 4) is 0 Å². The van der Waals surface area contributed by atoms with Crippen molar-refractivity contribution in [1.29, 1.82) is 0 Å². The SMILES string of the molecule is c1nnc([C@@H]2CCCCN2)o1. The molecule has 0 aliphatic carbocycles. The van der Waals surface area contributed by atoms with E-state index in [0.29, 0.717) is 6.04 Å². The summed E-state index contributed by atoms with van der Waals surface area (Å²) in [6, 6.07) is 0.297. The first kappa shape index (κ1) is 6.79. The zero-order valence-electron chi connectivity index (χ0n) is 6.29.